The summed E-state index contributed by atoms with van der Waals surface area (Å²) in [5.74, 6) is -0.514. The van der Waals surface area contributed by atoms with Crippen LogP contribution in [0.25, 0.3) is 28.0 Å². The van der Waals surface area contributed by atoms with E-state index in [9.17, 15) is 9.59 Å². The second-order valence-corrected chi connectivity index (χ2v) is 6.00. The van der Waals surface area contributed by atoms with Crippen LogP contribution < -0.4 is 5.56 Å². The summed E-state index contributed by atoms with van der Waals surface area (Å²) in [6.45, 7) is 1.98. The van der Waals surface area contributed by atoms with Gasteiger partial charge in [0.25, 0.3) is 5.56 Å². The molecular weight excluding hydrogens is 342 g/mol. The van der Waals surface area contributed by atoms with Crippen molar-refractivity contribution in [2.75, 3.05) is 6.61 Å². The lowest BCUT2D eigenvalue weighted by molar-refractivity contribution is 0.0528. The highest BCUT2D eigenvalue weighted by atomic mass is 16.5. The van der Waals surface area contributed by atoms with Gasteiger partial charge in [0.2, 0.25) is 0 Å². The van der Waals surface area contributed by atoms with Crippen molar-refractivity contribution < 1.29 is 9.53 Å². The van der Waals surface area contributed by atoms with E-state index in [0.717, 1.165) is 21.2 Å². The SMILES string of the molecule is CCOC(=O)c1cnn2c(=O)cc(-c3ccc(-c4ccccc4)cc3)[nH]c12. The number of H-pyrrole nitrogens is 1. The van der Waals surface area contributed by atoms with Crippen LogP contribution in [0.1, 0.15) is 17.3 Å². The third kappa shape index (κ3) is 3.13. The van der Waals surface area contributed by atoms with Gasteiger partial charge in [-0.25, -0.2) is 4.79 Å². The largest absolute Gasteiger partial charge is 0.462 e. The Morgan fingerprint density at radius 3 is 2.41 bits per heavy atom. The van der Waals surface area contributed by atoms with Crippen LogP contribution in [0, 0.1) is 0 Å². The van der Waals surface area contributed by atoms with Crippen LogP contribution in [-0.4, -0.2) is 27.2 Å². The Bertz CT molecular complexity index is 1160. The standard InChI is InChI=1S/C21H17N3O3/c1-2-27-21(26)17-13-22-24-19(25)12-18(23-20(17)24)16-10-8-15(9-11-16)14-6-4-3-5-7-14/h3-13,23H,2H2,1H3. The maximum atomic E-state index is 12.4. The number of aromatic amines is 1. The lowest BCUT2D eigenvalue weighted by Crippen LogP contribution is -2.15. The number of fused-ring (bicyclic) bond motifs is 1. The van der Waals surface area contributed by atoms with Crippen LogP contribution in [0.4, 0.5) is 0 Å². The number of nitrogens with one attached hydrogen (secondary N) is 1. The molecule has 0 amide bonds. The van der Waals surface area contributed by atoms with Gasteiger partial charge in [-0.15, -0.1) is 0 Å². The van der Waals surface area contributed by atoms with E-state index >= 15 is 0 Å². The van der Waals surface area contributed by atoms with Crippen molar-refractivity contribution in [1.29, 1.82) is 0 Å². The van der Waals surface area contributed by atoms with E-state index < -0.39 is 5.97 Å². The Balaban J connectivity index is 1.76. The summed E-state index contributed by atoms with van der Waals surface area (Å²) in [6.07, 6.45) is 1.34. The zero-order valence-electron chi connectivity index (χ0n) is 14.7. The lowest BCUT2D eigenvalue weighted by atomic mass is 10.0. The monoisotopic (exact) mass is 359 g/mol. The Morgan fingerprint density at radius 2 is 1.70 bits per heavy atom. The number of benzene rings is 2. The first-order chi connectivity index (χ1) is 13.2. The Hall–Kier alpha value is -3.67. The van der Waals surface area contributed by atoms with Gasteiger partial charge in [0, 0.05) is 6.07 Å². The number of rotatable bonds is 4. The number of ether oxygens (including phenoxy) is 1. The van der Waals surface area contributed by atoms with Gasteiger partial charge in [-0.2, -0.15) is 9.61 Å². The highest BCUT2D eigenvalue weighted by Crippen LogP contribution is 2.23. The van der Waals surface area contributed by atoms with Crippen LogP contribution in [0.15, 0.2) is 71.7 Å². The fraction of sp³-hybridized carbons (Fsp3) is 0.0952. The Labute approximate surface area is 155 Å². The minimum Gasteiger partial charge on any atom is -0.462 e. The average molecular weight is 359 g/mol. The molecule has 0 aliphatic rings. The van der Waals surface area contributed by atoms with Gasteiger partial charge < -0.3 is 9.72 Å². The predicted octanol–water partition coefficient (Wildman–Crippen LogP) is 3.53. The Morgan fingerprint density at radius 1 is 1.04 bits per heavy atom. The summed E-state index contributed by atoms with van der Waals surface area (Å²) in [5, 5.41) is 3.98. The number of aromatic nitrogens is 3. The highest BCUT2D eigenvalue weighted by molar-refractivity contribution is 5.95. The fourth-order valence-corrected chi connectivity index (χ4v) is 2.97. The van der Waals surface area contributed by atoms with Gasteiger partial charge >= 0.3 is 5.97 Å². The summed E-state index contributed by atoms with van der Waals surface area (Å²) in [4.78, 5) is 27.6. The van der Waals surface area contributed by atoms with Gasteiger partial charge in [-0.1, -0.05) is 54.6 Å². The van der Waals surface area contributed by atoms with Crippen molar-refractivity contribution in [3.05, 3.63) is 82.8 Å². The third-order valence-electron chi connectivity index (χ3n) is 4.30. The molecule has 0 radical (unpaired) electrons. The van der Waals surface area contributed by atoms with E-state index in [1.165, 1.54) is 12.3 Å². The van der Waals surface area contributed by atoms with E-state index in [-0.39, 0.29) is 17.7 Å². The number of esters is 1. The van der Waals surface area contributed by atoms with E-state index in [4.69, 9.17) is 4.74 Å². The normalized spacial score (nSPS) is 10.9. The molecule has 6 nitrogen and oxygen atoms in total. The smallest absolute Gasteiger partial charge is 0.343 e. The molecule has 6 heteroatoms. The number of hydrogen-bond acceptors (Lipinski definition) is 4. The maximum absolute atomic E-state index is 12.4. The number of carbonyl (C=O) groups is 1. The van der Waals surface area contributed by atoms with Crippen LogP contribution in [-0.2, 0) is 4.74 Å². The molecule has 2 aromatic carbocycles. The molecule has 0 aliphatic heterocycles. The maximum Gasteiger partial charge on any atom is 0.343 e. The molecule has 0 spiro atoms. The van der Waals surface area contributed by atoms with Gasteiger partial charge in [0.05, 0.1) is 18.5 Å². The second-order valence-electron chi connectivity index (χ2n) is 6.00. The molecule has 2 aromatic heterocycles. The lowest BCUT2D eigenvalue weighted by Gasteiger charge is -2.06. The number of nitrogens with zero attached hydrogens (tertiary/aromatic N) is 2. The Kier molecular flexibility index (Phi) is 4.30. The summed E-state index contributed by atoms with van der Waals surface area (Å²) < 4.78 is 6.19. The summed E-state index contributed by atoms with van der Waals surface area (Å²) >= 11 is 0. The van der Waals surface area contributed by atoms with Crippen LogP contribution in [0.3, 0.4) is 0 Å². The molecule has 4 rings (SSSR count). The molecule has 4 aromatic rings. The van der Waals surface area contributed by atoms with Crippen LogP contribution in [0.2, 0.25) is 0 Å². The summed E-state index contributed by atoms with van der Waals surface area (Å²) in [6, 6.07) is 19.4. The van der Waals surface area contributed by atoms with Crippen molar-refractivity contribution in [3.63, 3.8) is 0 Å². The number of carbonyl (C=O) groups excluding carboxylic acids is 1. The third-order valence-corrected chi connectivity index (χ3v) is 4.30. The molecule has 0 fully saturated rings. The number of hydrogen-bond donors (Lipinski definition) is 1. The first-order valence-electron chi connectivity index (χ1n) is 8.61. The molecule has 0 saturated heterocycles. The van der Waals surface area contributed by atoms with Gasteiger partial charge in [0.1, 0.15) is 5.56 Å². The van der Waals surface area contributed by atoms with E-state index in [1.807, 2.05) is 54.6 Å². The molecule has 2 heterocycles. The zero-order chi connectivity index (χ0) is 18.8. The van der Waals surface area contributed by atoms with Crippen molar-refractivity contribution in [2.45, 2.75) is 6.92 Å². The fourth-order valence-electron chi connectivity index (χ4n) is 2.97. The van der Waals surface area contributed by atoms with E-state index in [2.05, 4.69) is 10.1 Å². The van der Waals surface area contributed by atoms with E-state index in [0.29, 0.717) is 11.3 Å². The first-order valence-corrected chi connectivity index (χ1v) is 8.61. The second kappa shape index (κ2) is 6.92. The van der Waals surface area contributed by atoms with Crippen molar-refractivity contribution in [1.82, 2.24) is 14.6 Å². The molecule has 0 saturated carbocycles. The minimum absolute atomic E-state index is 0.233. The van der Waals surface area contributed by atoms with Gasteiger partial charge in [0.15, 0.2) is 5.65 Å². The molecule has 1 N–H and O–H groups in total. The summed E-state index contributed by atoms with van der Waals surface area (Å²) in [5.41, 5.74) is 3.89. The van der Waals surface area contributed by atoms with Crippen molar-refractivity contribution >= 4 is 11.6 Å². The molecule has 0 aliphatic carbocycles. The molecule has 134 valence electrons. The quantitative estimate of drug-likeness (QED) is 0.566. The first kappa shape index (κ1) is 16.8. The van der Waals surface area contributed by atoms with Crippen LogP contribution >= 0.6 is 0 Å². The zero-order valence-corrected chi connectivity index (χ0v) is 14.7. The highest BCUT2D eigenvalue weighted by Gasteiger charge is 2.16. The van der Waals surface area contributed by atoms with Gasteiger partial charge in [-0.3, -0.25) is 4.79 Å². The summed E-state index contributed by atoms with van der Waals surface area (Å²) in [7, 11) is 0. The molecule has 27 heavy (non-hydrogen) atoms. The molecular formula is C21H17N3O3. The molecule has 0 atom stereocenters. The van der Waals surface area contributed by atoms with Gasteiger partial charge in [-0.05, 0) is 23.6 Å². The molecule has 0 bridgehead atoms. The molecule has 0 unspecified atom stereocenters. The minimum atomic E-state index is -0.514. The van der Waals surface area contributed by atoms with Crippen molar-refractivity contribution in [2.24, 2.45) is 0 Å². The predicted molar refractivity (Wildman–Crippen MR) is 103 cm³/mol. The van der Waals surface area contributed by atoms with Crippen LogP contribution in [0.5, 0.6) is 0 Å². The van der Waals surface area contributed by atoms with E-state index in [1.54, 1.807) is 6.92 Å². The topological polar surface area (TPSA) is 76.5 Å². The average Bonchev–Trinajstić information content (AvgIpc) is 3.14. The van der Waals surface area contributed by atoms with Crippen molar-refractivity contribution in [3.8, 4) is 22.4 Å².